The number of aliphatic carboxylic acids is 1. The molecule has 0 aliphatic carbocycles. The molecule has 1 aromatic heterocycles. The molecule has 1 heterocycles. The van der Waals surface area contributed by atoms with E-state index in [4.69, 9.17) is 20.7 Å². The number of nitrogen functional groups attached to an aromatic ring is 1. The highest BCUT2D eigenvalue weighted by Gasteiger charge is 2.38. The van der Waals surface area contributed by atoms with Gasteiger partial charge in [0, 0.05) is 11.6 Å². The van der Waals surface area contributed by atoms with Crippen molar-refractivity contribution in [3.05, 3.63) is 36.0 Å². The first-order chi connectivity index (χ1) is 9.62. The number of rotatable bonds is 1. The Morgan fingerprint density at radius 1 is 1.14 bits per heavy atom. The van der Waals surface area contributed by atoms with Crippen molar-refractivity contribution in [2.24, 2.45) is 0 Å². The number of nitrogens with two attached hydrogens (primary N) is 1. The number of pyridine rings is 1. The number of nitrogens with zero attached hydrogens (tertiary/aromatic N) is 1. The summed E-state index contributed by atoms with van der Waals surface area (Å²) in [7, 11) is 0. The minimum atomic E-state index is -5.08. The number of aromatic carboxylic acids is 1. The molecule has 112 valence electrons. The van der Waals surface area contributed by atoms with Crippen LogP contribution in [-0.4, -0.2) is 33.3 Å². The van der Waals surface area contributed by atoms with E-state index in [1.807, 2.05) is 0 Å². The predicted molar refractivity (Wildman–Crippen MR) is 66.8 cm³/mol. The van der Waals surface area contributed by atoms with Crippen LogP contribution in [0.3, 0.4) is 0 Å². The summed E-state index contributed by atoms with van der Waals surface area (Å²) in [6, 6.07) is 6.58. The van der Waals surface area contributed by atoms with Gasteiger partial charge in [-0.2, -0.15) is 13.2 Å². The van der Waals surface area contributed by atoms with Crippen molar-refractivity contribution in [3.63, 3.8) is 0 Å². The highest BCUT2D eigenvalue weighted by Crippen LogP contribution is 2.19. The van der Waals surface area contributed by atoms with Crippen LogP contribution in [0.1, 0.15) is 10.4 Å². The van der Waals surface area contributed by atoms with E-state index >= 15 is 0 Å². The van der Waals surface area contributed by atoms with E-state index in [2.05, 4.69) is 4.98 Å². The first-order valence-electron chi connectivity index (χ1n) is 5.30. The lowest BCUT2D eigenvalue weighted by Crippen LogP contribution is -2.21. The van der Waals surface area contributed by atoms with Gasteiger partial charge in [0.1, 0.15) is 5.82 Å². The lowest BCUT2D eigenvalue weighted by Gasteiger charge is -2.01. The van der Waals surface area contributed by atoms with Crippen LogP contribution in [-0.2, 0) is 4.79 Å². The number of carbonyl (C=O) groups is 2. The molecule has 0 amide bonds. The predicted octanol–water partition coefficient (Wildman–Crippen LogP) is 2.15. The smallest absolute Gasteiger partial charge is 0.478 e. The third-order valence-corrected chi connectivity index (χ3v) is 2.29. The van der Waals surface area contributed by atoms with E-state index in [1.54, 1.807) is 24.4 Å². The fraction of sp³-hybridized carbons (Fsp3) is 0.0833. The monoisotopic (exact) mass is 302 g/mol. The summed E-state index contributed by atoms with van der Waals surface area (Å²) in [5.74, 6) is -3.37. The van der Waals surface area contributed by atoms with Crippen LogP contribution < -0.4 is 5.73 Å². The number of anilines is 1. The molecular formula is C12H9F3N2O4. The molecule has 0 saturated heterocycles. The van der Waals surface area contributed by atoms with Gasteiger partial charge in [0.2, 0.25) is 0 Å². The maximum Gasteiger partial charge on any atom is 0.490 e. The quantitative estimate of drug-likeness (QED) is 0.743. The van der Waals surface area contributed by atoms with Crippen molar-refractivity contribution >= 4 is 28.5 Å². The molecule has 0 fully saturated rings. The Balaban J connectivity index is 0.000000270. The van der Waals surface area contributed by atoms with Gasteiger partial charge in [0.15, 0.2) is 0 Å². The van der Waals surface area contributed by atoms with E-state index in [9.17, 15) is 18.0 Å². The van der Waals surface area contributed by atoms with Crippen LogP contribution in [0.4, 0.5) is 19.0 Å². The van der Waals surface area contributed by atoms with Crippen molar-refractivity contribution in [2.45, 2.75) is 6.18 Å². The Morgan fingerprint density at radius 2 is 1.71 bits per heavy atom. The topological polar surface area (TPSA) is 114 Å². The second-order valence-corrected chi connectivity index (χ2v) is 3.74. The Hall–Kier alpha value is -2.84. The molecule has 0 bridgehead atoms. The minimum absolute atomic E-state index is 0.220. The van der Waals surface area contributed by atoms with Crippen LogP contribution in [0.25, 0.3) is 10.8 Å². The van der Waals surface area contributed by atoms with E-state index in [1.165, 1.54) is 6.07 Å². The van der Waals surface area contributed by atoms with Crippen molar-refractivity contribution in [3.8, 4) is 0 Å². The first-order valence-corrected chi connectivity index (χ1v) is 5.30. The molecule has 1 aromatic carbocycles. The van der Waals surface area contributed by atoms with Gasteiger partial charge >= 0.3 is 18.1 Å². The zero-order valence-electron chi connectivity index (χ0n) is 10.3. The molecule has 21 heavy (non-hydrogen) atoms. The van der Waals surface area contributed by atoms with E-state index < -0.39 is 18.1 Å². The standard InChI is InChI=1S/C10H8N2O2.C2HF3O2/c11-9-8-5-7(10(13)14)2-1-6(8)3-4-12-9;3-2(4,5)1(6)7/h1-5H,(H2,11,12)(H,13,14);(H,6,7). The van der Waals surface area contributed by atoms with Gasteiger partial charge in [-0.15, -0.1) is 0 Å². The maximum atomic E-state index is 10.7. The number of hydrogen-bond acceptors (Lipinski definition) is 4. The van der Waals surface area contributed by atoms with Gasteiger partial charge in [-0.1, -0.05) is 6.07 Å². The summed E-state index contributed by atoms with van der Waals surface area (Å²) < 4.78 is 31.7. The number of carboxylic acid groups (broad SMARTS) is 2. The fourth-order valence-electron chi connectivity index (χ4n) is 1.32. The molecule has 2 aromatic rings. The van der Waals surface area contributed by atoms with Crippen molar-refractivity contribution in [2.75, 3.05) is 5.73 Å². The van der Waals surface area contributed by atoms with E-state index in [0.717, 1.165) is 5.39 Å². The van der Waals surface area contributed by atoms with Crippen LogP contribution >= 0.6 is 0 Å². The highest BCUT2D eigenvalue weighted by atomic mass is 19.4. The number of halogens is 3. The fourth-order valence-corrected chi connectivity index (χ4v) is 1.32. The number of fused-ring (bicyclic) bond motifs is 1. The zero-order chi connectivity index (χ0) is 16.2. The van der Waals surface area contributed by atoms with Crippen molar-refractivity contribution < 1.29 is 33.0 Å². The van der Waals surface area contributed by atoms with Gasteiger partial charge in [-0.3, -0.25) is 0 Å². The molecule has 0 spiro atoms. The van der Waals surface area contributed by atoms with Gasteiger partial charge in [0.25, 0.3) is 0 Å². The highest BCUT2D eigenvalue weighted by molar-refractivity contribution is 5.97. The molecule has 0 atom stereocenters. The number of hydrogen-bond donors (Lipinski definition) is 3. The lowest BCUT2D eigenvalue weighted by atomic mass is 10.1. The van der Waals surface area contributed by atoms with E-state index in [0.29, 0.717) is 11.2 Å². The molecule has 4 N–H and O–H groups in total. The average molecular weight is 302 g/mol. The lowest BCUT2D eigenvalue weighted by molar-refractivity contribution is -0.192. The second kappa shape index (κ2) is 6.07. The van der Waals surface area contributed by atoms with Gasteiger partial charge in [0.05, 0.1) is 5.56 Å². The number of alkyl halides is 3. The molecule has 0 aliphatic heterocycles. The molecule has 2 rings (SSSR count). The average Bonchev–Trinajstić information content (AvgIpc) is 2.38. The minimum Gasteiger partial charge on any atom is -0.478 e. The molecule has 0 radical (unpaired) electrons. The number of benzene rings is 1. The van der Waals surface area contributed by atoms with Gasteiger partial charge in [-0.25, -0.2) is 14.6 Å². The summed E-state index contributed by atoms with van der Waals surface area (Å²) in [6.45, 7) is 0. The summed E-state index contributed by atoms with van der Waals surface area (Å²) in [5, 5.41) is 17.5. The van der Waals surface area contributed by atoms with Crippen molar-refractivity contribution in [1.82, 2.24) is 4.98 Å². The Labute approximate surface area is 115 Å². The number of carboxylic acids is 2. The van der Waals surface area contributed by atoms with Crippen LogP contribution in [0.2, 0.25) is 0 Å². The van der Waals surface area contributed by atoms with Gasteiger partial charge < -0.3 is 15.9 Å². The molecule has 6 nitrogen and oxygen atoms in total. The van der Waals surface area contributed by atoms with Crippen LogP contribution in [0.5, 0.6) is 0 Å². The normalized spacial score (nSPS) is 10.6. The summed E-state index contributed by atoms with van der Waals surface area (Å²) in [6.07, 6.45) is -3.49. The number of aromatic nitrogens is 1. The summed E-state index contributed by atoms with van der Waals surface area (Å²) >= 11 is 0. The SMILES string of the molecule is Nc1nccc2ccc(C(=O)O)cc12.O=C(O)C(F)(F)F. The Morgan fingerprint density at radius 3 is 2.19 bits per heavy atom. The Bertz CT molecular complexity index is 686. The van der Waals surface area contributed by atoms with E-state index in [-0.39, 0.29) is 5.56 Å². The molecular weight excluding hydrogens is 293 g/mol. The second-order valence-electron chi connectivity index (χ2n) is 3.74. The molecule has 9 heteroatoms. The summed E-state index contributed by atoms with van der Waals surface area (Å²) in [5.41, 5.74) is 5.84. The molecule has 0 aliphatic rings. The van der Waals surface area contributed by atoms with Crippen molar-refractivity contribution in [1.29, 1.82) is 0 Å². The van der Waals surface area contributed by atoms with Crippen LogP contribution in [0, 0.1) is 0 Å². The zero-order valence-corrected chi connectivity index (χ0v) is 10.3. The molecule has 0 saturated carbocycles. The third kappa shape index (κ3) is 4.34. The third-order valence-electron chi connectivity index (χ3n) is 2.29. The Kier molecular flexibility index (Phi) is 4.69. The first kappa shape index (κ1) is 16.2. The summed E-state index contributed by atoms with van der Waals surface area (Å²) in [4.78, 5) is 23.5. The largest absolute Gasteiger partial charge is 0.490 e. The van der Waals surface area contributed by atoms with Gasteiger partial charge in [-0.05, 0) is 23.6 Å². The molecule has 0 unspecified atom stereocenters. The maximum absolute atomic E-state index is 10.7. The van der Waals surface area contributed by atoms with Crippen LogP contribution in [0.15, 0.2) is 30.5 Å².